The van der Waals surface area contributed by atoms with Gasteiger partial charge in [-0.05, 0) is 70.4 Å². The Hall–Kier alpha value is -4.06. The van der Waals surface area contributed by atoms with Gasteiger partial charge in [-0.15, -0.1) is 0 Å². The fourth-order valence-electron chi connectivity index (χ4n) is 8.40. The van der Waals surface area contributed by atoms with Crippen LogP contribution in [0.15, 0.2) is 121 Å². The van der Waals surface area contributed by atoms with Crippen LogP contribution in [0.25, 0.3) is 16.8 Å². The van der Waals surface area contributed by atoms with Gasteiger partial charge in [-0.1, -0.05) is 114 Å². The average Bonchev–Trinajstić information content (AvgIpc) is 3.49. The summed E-state index contributed by atoms with van der Waals surface area (Å²) in [6.45, 7) is 0.859. The Kier molecular flexibility index (Phi) is 6.63. The van der Waals surface area contributed by atoms with Gasteiger partial charge in [0.05, 0.1) is 5.41 Å². The molecule has 1 aliphatic carbocycles. The summed E-state index contributed by atoms with van der Waals surface area (Å²) in [7, 11) is 2.04. The first-order valence-electron chi connectivity index (χ1n) is 15.2. The first-order valence-corrected chi connectivity index (χ1v) is 15.9. The summed E-state index contributed by atoms with van der Waals surface area (Å²) in [5.74, 6) is -0.463. The molecule has 2 spiro atoms. The first kappa shape index (κ1) is 28.4. The zero-order chi connectivity index (χ0) is 30.9. The van der Waals surface area contributed by atoms with Crippen LogP contribution in [0.1, 0.15) is 44.6 Å². The van der Waals surface area contributed by atoms with Crippen LogP contribution in [0, 0.1) is 5.41 Å². The molecule has 45 heavy (non-hydrogen) atoms. The van der Waals surface area contributed by atoms with Crippen LogP contribution in [0.2, 0.25) is 10.0 Å². The Labute approximate surface area is 272 Å². The zero-order valence-electron chi connectivity index (χ0n) is 24.6. The molecular formula is C39H30Cl2N2O2. The van der Waals surface area contributed by atoms with Gasteiger partial charge in [-0.25, -0.2) is 0 Å². The minimum Gasteiger partial charge on any atom is -0.301 e. The number of benzene rings is 5. The highest BCUT2D eigenvalue weighted by atomic mass is 35.5. The maximum absolute atomic E-state index is 15.6. The van der Waals surface area contributed by atoms with Crippen LogP contribution >= 0.6 is 23.2 Å². The predicted molar refractivity (Wildman–Crippen MR) is 181 cm³/mol. The van der Waals surface area contributed by atoms with E-state index in [1.807, 2.05) is 116 Å². The van der Waals surface area contributed by atoms with E-state index >= 15 is 9.59 Å². The lowest BCUT2D eigenvalue weighted by Gasteiger charge is -2.50. The third kappa shape index (κ3) is 4.06. The van der Waals surface area contributed by atoms with Gasteiger partial charge in [-0.3, -0.25) is 14.9 Å². The second kappa shape index (κ2) is 10.5. The fourth-order valence-corrected chi connectivity index (χ4v) is 8.65. The van der Waals surface area contributed by atoms with E-state index in [2.05, 4.69) is 22.3 Å². The van der Waals surface area contributed by atoms with Crippen molar-refractivity contribution in [1.82, 2.24) is 10.2 Å². The predicted octanol–water partition coefficient (Wildman–Crippen LogP) is 8.25. The number of likely N-dealkylation sites (tertiary alicyclic amines) is 1. The smallest absolute Gasteiger partial charge is 0.189 e. The molecule has 2 saturated heterocycles. The molecule has 2 fully saturated rings. The number of nitrogens with zero attached hydrogens (tertiary/aromatic N) is 1. The molecule has 5 aromatic rings. The van der Waals surface area contributed by atoms with E-state index in [-0.39, 0.29) is 17.6 Å². The van der Waals surface area contributed by atoms with Gasteiger partial charge in [0.25, 0.3) is 0 Å². The Bertz CT molecular complexity index is 2020. The van der Waals surface area contributed by atoms with Crippen LogP contribution in [0.4, 0.5) is 0 Å². The molecule has 4 nitrogen and oxygen atoms in total. The monoisotopic (exact) mass is 628 g/mol. The average molecular weight is 630 g/mol. The third-order valence-electron chi connectivity index (χ3n) is 10.1. The van der Waals surface area contributed by atoms with Crippen molar-refractivity contribution in [1.29, 1.82) is 0 Å². The molecule has 2 heterocycles. The largest absolute Gasteiger partial charge is 0.301 e. The molecule has 0 radical (unpaired) electrons. The van der Waals surface area contributed by atoms with E-state index in [9.17, 15) is 0 Å². The summed E-state index contributed by atoms with van der Waals surface area (Å²) < 4.78 is 0. The number of carbonyl (C=O) groups is 2. The van der Waals surface area contributed by atoms with Gasteiger partial charge in [0, 0.05) is 46.2 Å². The lowest BCUT2D eigenvalue weighted by Crippen LogP contribution is -2.64. The van der Waals surface area contributed by atoms with E-state index < -0.39 is 16.9 Å². The number of Topliss-reactive ketones (excluding diaryl/α,β-unsaturated/α-hetero) is 2. The molecule has 222 valence electrons. The molecule has 8 rings (SSSR count). The maximum Gasteiger partial charge on any atom is 0.189 e. The Balaban J connectivity index is 1.46. The lowest BCUT2D eigenvalue weighted by molar-refractivity contribution is -0.132. The summed E-state index contributed by atoms with van der Waals surface area (Å²) in [6, 6.07) is 37.1. The Morgan fingerprint density at radius 2 is 1.42 bits per heavy atom. The van der Waals surface area contributed by atoms with E-state index in [1.165, 1.54) is 0 Å². The van der Waals surface area contributed by atoms with Gasteiger partial charge in [0.15, 0.2) is 11.6 Å². The number of halogens is 2. The molecule has 0 aromatic heterocycles. The molecule has 4 atom stereocenters. The number of hydrogen-bond acceptors (Lipinski definition) is 4. The molecule has 6 heteroatoms. The standard InChI is InChI=1S/C39H30Cl2N2O2/c1-43-22-28(21-24-13-17-29(40)18-14-24)36(44)38(23-43)34(26-15-19-30(41)20-16-26)35(27-7-3-2-4-8-27)42-39(38)32-12-6-10-25-9-5-11-31(33(25)32)37(39)45/h2-21,34-35,42H,22-23H2,1H3/b28-21+/t34-,35-,38-,39-/m0/s1. The zero-order valence-corrected chi connectivity index (χ0v) is 26.1. The van der Waals surface area contributed by atoms with Crippen molar-refractivity contribution in [3.8, 4) is 0 Å². The number of fused-ring (bicyclic) bond motifs is 2. The SMILES string of the molecule is CN1C/C(=C\c2ccc(Cl)cc2)C(=O)[C@]2(C1)[C@@H](c1ccc(Cl)cc1)[C@H](c1ccccc1)N[C@@]21C(=O)c2cccc3cccc1c23. The van der Waals surface area contributed by atoms with Crippen LogP contribution < -0.4 is 5.32 Å². The lowest BCUT2D eigenvalue weighted by atomic mass is 9.54. The van der Waals surface area contributed by atoms with E-state index in [0.29, 0.717) is 34.3 Å². The molecule has 0 unspecified atom stereocenters. The fraction of sp³-hybridized carbons (Fsp3) is 0.179. The highest BCUT2D eigenvalue weighted by Gasteiger charge is 2.74. The molecule has 3 aliphatic rings. The number of carbonyl (C=O) groups excluding carboxylic acids is 2. The summed E-state index contributed by atoms with van der Waals surface area (Å²) in [4.78, 5) is 33.1. The van der Waals surface area contributed by atoms with Crippen molar-refractivity contribution in [2.75, 3.05) is 20.1 Å². The van der Waals surface area contributed by atoms with Crippen molar-refractivity contribution < 1.29 is 9.59 Å². The molecule has 0 bridgehead atoms. The number of likely N-dealkylation sites (N-methyl/N-ethyl adjacent to an activating group) is 1. The maximum atomic E-state index is 15.6. The van der Waals surface area contributed by atoms with Crippen LogP contribution in [0.3, 0.4) is 0 Å². The molecule has 1 N–H and O–H groups in total. The quantitative estimate of drug-likeness (QED) is 0.204. The molecule has 2 aliphatic heterocycles. The van der Waals surface area contributed by atoms with Gasteiger partial charge in [0.2, 0.25) is 0 Å². The number of piperidine rings is 1. The number of ketones is 2. The van der Waals surface area contributed by atoms with Gasteiger partial charge < -0.3 is 4.90 Å². The molecule has 0 saturated carbocycles. The van der Waals surface area contributed by atoms with Crippen molar-refractivity contribution in [3.63, 3.8) is 0 Å². The van der Waals surface area contributed by atoms with E-state index in [4.69, 9.17) is 23.2 Å². The topological polar surface area (TPSA) is 49.4 Å². The number of hydrogen-bond donors (Lipinski definition) is 1. The Morgan fingerprint density at radius 3 is 2.13 bits per heavy atom. The second-order valence-electron chi connectivity index (χ2n) is 12.5. The van der Waals surface area contributed by atoms with E-state index in [1.54, 1.807) is 0 Å². The molecule has 0 amide bonds. The van der Waals surface area contributed by atoms with Crippen molar-refractivity contribution in [2.24, 2.45) is 5.41 Å². The molecule has 5 aromatic carbocycles. The highest BCUT2D eigenvalue weighted by Crippen LogP contribution is 2.66. The summed E-state index contributed by atoms with van der Waals surface area (Å²) in [5.41, 5.74) is 2.55. The van der Waals surface area contributed by atoms with Crippen LogP contribution in [-0.4, -0.2) is 36.6 Å². The van der Waals surface area contributed by atoms with Gasteiger partial charge in [0.1, 0.15) is 5.54 Å². The Morgan fingerprint density at radius 1 is 0.756 bits per heavy atom. The third-order valence-corrected chi connectivity index (χ3v) is 10.6. The van der Waals surface area contributed by atoms with Crippen molar-refractivity contribution in [3.05, 3.63) is 159 Å². The minimum absolute atomic E-state index is 0.0143. The molecular weight excluding hydrogens is 599 g/mol. The highest BCUT2D eigenvalue weighted by molar-refractivity contribution is 6.31. The number of nitrogens with one attached hydrogen (secondary N) is 1. The normalized spacial score (nSPS) is 27.0. The second-order valence-corrected chi connectivity index (χ2v) is 13.4. The van der Waals surface area contributed by atoms with Crippen LogP contribution in [0.5, 0.6) is 0 Å². The first-order chi connectivity index (χ1) is 21.8. The van der Waals surface area contributed by atoms with Crippen LogP contribution in [-0.2, 0) is 10.3 Å². The summed E-state index contributed by atoms with van der Waals surface area (Å²) in [6.07, 6.45) is 1.96. The minimum atomic E-state index is -1.31. The number of rotatable bonds is 3. The summed E-state index contributed by atoms with van der Waals surface area (Å²) in [5, 5.41) is 7.10. The van der Waals surface area contributed by atoms with Crippen molar-refractivity contribution >= 4 is 51.6 Å². The summed E-state index contributed by atoms with van der Waals surface area (Å²) >= 11 is 12.6. The van der Waals surface area contributed by atoms with Crippen molar-refractivity contribution in [2.45, 2.75) is 17.5 Å². The van der Waals surface area contributed by atoms with E-state index in [0.717, 1.165) is 33.0 Å². The van der Waals surface area contributed by atoms with Gasteiger partial charge in [-0.2, -0.15) is 0 Å². The van der Waals surface area contributed by atoms with Gasteiger partial charge >= 0.3 is 0 Å².